The van der Waals surface area contributed by atoms with Crippen LogP contribution in [0.1, 0.15) is 34.3 Å². The molecule has 4 bridgehead atoms. The average Bonchev–Trinajstić information content (AvgIpc) is 3.06. The normalized spacial score (nSPS) is 21.6. The highest BCUT2D eigenvalue weighted by Gasteiger charge is 2.35. The number of ether oxygens (including phenoxy) is 3. The lowest BCUT2D eigenvalue weighted by atomic mass is 10.00. The number of rotatable bonds is 2. The minimum atomic E-state index is -0.452. The van der Waals surface area contributed by atoms with Crippen molar-refractivity contribution in [3.63, 3.8) is 0 Å². The Kier molecular flexibility index (Phi) is 9.61. The lowest BCUT2D eigenvalue weighted by Crippen LogP contribution is -2.58. The predicted molar refractivity (Wildman–Crippen MR) is 169 cm³/mol. The van der Waals surface area contributed by atoms with Crippen molar-refractivity contribution in [1.29, 1.82) is 0 Å². The zero-order valence-corrected chi connectivity index (χ0v) is 25.7. The zero-order valence-electron chi connectivity index (χ0n) is 25.7. The highest BCUT2D eigenvalue weighted by Crippen LogP contribution is 2.27. The summed E-state index contributed by atoms with van der Waals surface area (Å²) in [6.07, 6.45) is 1.02. The molecule has 236 valence electrons. The summed E-state index contributed by atoms with van der Waals surface area (Å²) in [5.74, 6) is 0.891. The Balaban J connectivity index is 1.22. The fourth-order valence-corrected chi connectivity index (χ4v) is 6.16. The molecule has 3 aromatic carbocycles. The van der Waals surface area contributed by atoms with Gasteiger partial charge in [0.25, 0.3) is 5.91 Å². The first-order chi connectivity index (χ1) is 21.9. The summed E-state index contributed by atoms with van der Waals surface area (Å²) in [5.41, 5.74) is 3.45. The van der Waals surface area contributed by atoms with Gasteiger partial charge in [0.2, 0.25) is 11.8 Å². The van der Waals surface area contributed by atoms with Crippen molar-refractivity contribution in [2.75, 3.05) is 57.9 Å². The van der Waals surface area contributed by atoms with Gasteiger partial charge in [-0.1, -0.05) is 36.4 Å². The number of aryl methyl sites for hydroxylation is 1. The fraction of sp³-hybridized carbons (Fsp3) is 0.400. The van der Waals surface area contributed by atoms with Gasteiger partial charge in [-0.15, -0.1) is 0 Å². The van der Waals surface area contributed by atoms with Crippen molar-refractivity contribution in [3.05, 3.63) is 89.5 Å². The van der Waals surface area contributed by atoms with Gasteiger partial charge in [0.1, 0.15) is 11.5 Å². The van der Waals surface area contributed by atoms with Crippen molar-refractivity contribution in [1.82, 2.24) is 15.1 Å². The number of morpholine rings is 1. The van der Waals surface area contributed by atoms with E-state index in [1.165, 1.54) is 4.90 Å². The third-order valence-corrected chi connectivity index (χ3v) is 8.60. The molecule has 0 aromatic heterocycles. The first kappa shape index (κ1) is 30.6. The van der Waals surface area contributed by atoms with Crippen LogP contribution in [0, 0.1) is 0 Å². The van der Waals surface area contributed by atoms with Crippen LogP contribution in [0.2, 0.25) is 0 Å². The molecule has 3 amide bonds. The van der Waals surface area contributed by atoms with E-state index in [4.69, 9.17) is 14.2 Å². The van der Waals surface area contributed by atoms with Crippen molar-refractivity contribution < 1.29 is 28.6 Å². The fourth-order valence-electron chi connectivity index (χ4n) is 6.16. The first-order valence-corrected chi connectivity index (χ1v) is 15.6. The van der Waals surface area contributed by atoms with E-state index in [-0.39, 0.29) is 36.8 Å². The maximum Gasteiger partial charge on any atom is 0.256 e. The van der Waals surface area contributed by atoms with E-state index in [1.807, 2.05) is 72.8 Å². The number of nitrogens with one attached hydrogen (secondary N) is 1. The number of benzene rings is 3. The Bertz CT molecular complexity index is 1520. The summed E-state index contributed by atoms with van der Waals surface area (Å²) in [5, 5.41) is 3.10. The largest absolute Gasteiger partial charge is 0.457 e. The topological polar surface area (TPSA) is 101 Å². The van der Waals surface area contributed by atoms with Gasteiger partial charge in [-0.05, 0) is 60.4 Å². The van der Waals surface area contributed by atoms with Crippen LogP contribution in [-0.4, -0.2) is 92.7 Å². The summed E-state index contributed by atoms with van der Waals surface area (Å²) in [6, 6.07) is 22.7. The van der Waals surface area contributed by atoms with Crippen LogP contribution in [0.3, 0.4) is 0 Å². The van der Waals surface area contributed by atoms with E-state index in [0.717, 1.165) is 29.9 Å². The quantitative estimate of drug-likeness (QED) is 0.472. The van der Waals surface area contributed by atoms with Gasteiger partial charge in [0.05, 0.1) is 44.1 Å². The van der Waals surface area contributed by atoms with E-state index < -0.39 is 6.04 Å². The van der Waals surface area contributed by atoms with E-state index in [9.17, 15) is 14.4 Å². The van der Waals surface area contributed by atoms with Crippen LogP contribution in [0.4, 0.5) is 5.69 Å². The van der Waals surface area contributed by atoms with Crippen molar-refractivity contribution in [2.45, 2.75) is 38.0 Å². The molecule has 1 N–H and O–H groups in total. The number of nitrogens with zero attached hydrogens (tertiary/aromatic N) is 3. The molecule has 2 fully saturated rings. The smallest absolute Gasteiger partial charge is 0.256 e. The summed E-state index contributed by atoms with van der Waals surface area (Å²) >= 11 is 0. The molecule has 45 heavy (non-hydrogen) atoms. The third-order valence-electron chi connectivity index (χ3n) is 8.60. The van der Waals surface area contributed by atoms with Gasteiger partial charge >= 0.3 is 0 Å². The van der Waals surface area contributed by atoms with Crippen LogP contribution in [0.25, 0.3) is 0 Å². The molecular formula is C35H40N4O6. The predicted octanol–water partition coefficient (Wildman–Crippen LogP) is 3.64. The lowest BCUT2D eigenvalue weighted by molar-refractivity contribution is -0.135. The van der Waals surface area contributed by atoms with Gasteiger partial charge in [0, 0.05) is 45.3 Å². The highest BCUT2D eigenvalue weighted by molar-refractivity contribution is 6.00. The molecule has 3 aliphatic rings. The molecule has 0 radical (unpaired) electrons. The number of para-hydroxylation sites is 1. The summed E-state index contributed by atoms with van der Waals surface area (Å²) in [4.78, 5) is 45.6. The van der Waals surface area contributed by atoms with Crippen LogP contribution >= 0.6 is 0 Å². The summed E-state index contributed by atoms with van der Waals surface area (Å²) in [6.45, 7) is 3.72. The minimum absolute atomic E-state index is 0.0791. The number of hydrogen-bond acceptors (Lipinski definition) is 7. The van der Waals surface area contributed by atoms with Gasteiger partial charge in [-0.25, -0.2) is 0 Å². The standard InChI is InChI=1S/C35H40N4O6/c1-37-23-33(40)36-30-22-39(35(42)29-10-2-3-11-31(29)38-16-18-43-19-17-38)15-14-32(30)44-24-26-7-5-9-28(21-26)45-27-8-4-6-25(20-27)12-13-34(37)41/h2-11,20-21,30,32H,12-19,22-24H2,1H3,(H,36,40)/t30-,32+/m0/s1. The molecule has 2 atom stereocenters. The Hall–Kier alpha value is -4.41. The van der Waals surface area contributed by atoms with E-state index >= 15 is 0 Å². The Morgan fingerprint density at radius 3 is 2.40 bits per heavy atom. The van der Waals surface area contributed by atoms with Gasteiger partial charge in [0.15, 0.2) is 0 Å². The SMILES string of the molecule is CN1CC(=O)N[C@H]2CN(C(=O)c3ccccc3N3CCOCC3)CC[C@H]2OCc2cccc(c2)Oc2cccc(c2)CCC1=O. The van der Waals surface area contributed by atoms with Crippen molar-refractivity contribution in [3.8, 4) is 11.5 Å². The molecule has 0 unspecified atom stereocenters. The number of likely N-dealkylation sites (tertiary alicyclic amines) is 1. The summed E-state index contributed by atoms with van der Waals surface area (Å²) in [7, 11) is 1.64. The van der Waals surface area contributed by atoms with E-state index in [2.05, 4.69) is 10.2 Å². The van der Waals surface area contributed by atoms with Crippen LogP contribution in [-0.2, 0) is 32.1 Å². The number of carbonyl (C=O) groups is 3. The maximum absolute atomic E-state index is 13.9. The average molecular weight is 613 g/mol. The lowest BCUT2D eigenvalue weighted by Gasteiger charge is -2.39. The molecule has 0 spiro atoms. The Morgan fingerprint density at radius 2 is 1.60 bits per heavy atom. The first-order valence-electron chi connectivity index (χ1n) is 15.6. The monoisotopic (exact) mass is 612 g/mol. The minimum Gasteiger partial charge on any atom is -0.457 e. The number of fused-ring (bicyclic) bond motifs is 5. The molecule has 0 saturated carbocycles. The van der Waals surface area contributed by atoms with Crippen LogP contribution in [0.5, 0.6) is 11.5 Å². The molecule has 2 saturated heterocycles. The van der Waals surface area contributed by atoms with Gasteiger partial charge in [-0.3, -0.25) is 14.4 Å². The maximum atomic E-state index is 13.9. The molecule has 0 aliphatic carbocycles. The number of likely N-dealkylation sites (N-methyl/N-ethyl adjacent to an activating group) is 1. The Labute approximate surface area is 263 Å². The molecule has 3 aromatic rings. The number of piperidine rings is 1. The van der Waals surface area contributed by atoms with Crippen molar-refractivity contribution in [2.24, 2.45) is 0 Å². The van der Waals surface area contributed by atoms with Gasteiger partial charge < -0.3 is 34.2 Å². The second-order valence-corrected chi connectivity index (χ2v) is 11.8. The molecule has 10 nitrogen and oxygen atoms in total. The van der Waals surface area contributed by atoms with E-state index in [1.54, 1.807) is 11.9 Å². The number of carbonyl (C=O) groups excluding carboxylic acids is 3. The number of amides is 3. The molecule has 6 rings (SSSR count). The third kappa shape index (κ3) is 7.64. The molecular weight excluding hydrogens is 572 g/mol. The number of anilines is 1. The molecule has 3 aliphatic heterocycles. The second kappa shape index (κ2) is 14.1. The van der Waals surface area contributed by atoms with Crippen molar-refractivity contribution >= 4 is 23.4 Å². The zero-order chi connectivity index (χ0) is 31.2. The second-order valence-electron chi connectivity index (χ2n) is 11.8. The summed E-state index contributed by atoms with van der Waals surface area (Å²) < 4.78 is 18.1. The highest BCUT2D eigenvalue weighted by atomic mass is 16.5. The van der Waals surface area contributed by atoms with Gasteiger partial charge in [-0.2, -0.15) is 0 Å². The number of hydrogen-bond donors (Lipinski definition) is 1. The molecule has 10 heteroatoms. The molecule has 3 heterocycles. The Morgan fingerprint density at radius 1 is 0.867 bits per heavy atom. The van der Waals surface area contributed by atoms with Crippen LogP contribution in [0.15, 0.2) is 72.8 Å². The van der Waals surface area contributed by atoms with Crippen LogP contribution < -0.4 is 15.0 Å². The van der Waals surface area contributed by atoms with E-state index in [0.29, 0.717) is 62.8 Å².